The van der Waals surface area contributed by atoms with Gasteiger partial charge in [0.2, 0.25) is 0 Å². The zero-order valence-electron chi connectivity index (χ0n) is 13.8. The summed E-state index contributed by atoms with van der Waals surface area (Å²) in [5.74, 6) is -1.04. The lowest BCUT2D eigenvalue weighted by Gasteiger charge is -2.14. The maximum atomic E-state index is 13.9. The van der Waals surface area contributed by atoms with E-state index in [0.717, 1.165) is 31.0 Å². The predicted octanol–water partition coefficient (Wildman–Crippen LogP) is 3.54. The van der Waals surface area contributed by atoms with Crippen molar-refractivity contribution in [1.29, 1.82) is 0 Å². The number of carbonyl (C=O) groups is 1. The zero-order valence-corrected chi connectivity index (χ0v) is 13.8. The van der Waals surface area contributed by atoms with Crippen LogP contribution in [0.25, 0.3) is 0 Å². The Morgan fingerprint density at radius 2 is 2.15 bits per heavy atom. The smallest absolute Gasteiger partial charge is 0.271 e. The van der Waals surface area contributed by atoms with E-state index in [1.807, 2.05) is 0 Å². The minimum atomic E-state index is -0.762. The number of non-ortho nitro benzene ring substituents is 1. The molecule has 1 amide bonds. The van der Waals surface area contributed by atoms with Crippen molar-refractivity contribution in [2.75, 3.05) is 18.5 Å². The average molecular weight is 360 g/mol. The lowest BCUT2D eigenvalue weighted by atomic mass is 10.1. The van der Waals surface area contributed by atoms with E-state index in [2.05, 4.69) is 5.32 Å². The van der Waals surface area contributed by atoms with Gasteiger partial charge in [-0.2, -0.15) is 0 Å². The monoisotopic (exact) mass is 360 g/mol. The summed E-state index contributed by atoms with van der Waals surface area (Å²) in [5, 5.41) is 13.2. The quantitative estimate of drug-likeness (QED) is 0.628. The third-order valence-electron chi connectivity index (χ3n) is 3.99. The number of benzene rings is 2. The molecule has 1 heterocycles. The first-order valence-electron chi connectivity index (χ1n) is 8.13. The van der Waals surface area contributed by atoms with E-state index in [-0.39, 0.29) is 23.0 Å². The molecule has 0 saturated carbocycles. The highest BCUT2D eigenvalue weighted by Gasteiger charge is 2.19. The number of anilines is 1. The first kappa shape index (κ1) is 17.8. The second-order valence-corrected chi connectivity index (χ2v) is 5.82. The van der Waals surface area contributed by atoms with Gasteiger partial charge in [-0.25, -0.2) is 4.39 Å². The number of carbonyl (C=O) groups excluding carboxylic acids is 1. The van der Waals surface area contributed by atoms with Crippen LogP contribution < -0.4 is 10.1 Å². The van der Waals surface area contributed by atoms with Crippen LogP contribution in [0, 0.1) is 15.9 Å². The van der Waals surface area contributed by atoms with Crippen LogP contribution in [-0.2, 0) is 4.74 Å². The summed E-state index contributed by atoms with van der Waals surface area (Å²) in [7, 11) is 0. The van der Waals surface area contributed by atoms with Gasteiger partial charge < -0.3 is 14.8 Å². The van der Waals surface area contributed by atoms with Gasteiger partial charge in [0, 0.05) is 18.7 Å². The lowest BCUT2D eigenvalue weighted by molar-refractivity contribution is -0.384. The van der Waals surface area contributed by atoms with Crippen molar-refractivity contribution in [1.82, 2.24) is 0 Å². The van der Waals surface area contributed by atoms with E-state index in [1.54, 1.807) is 18.2 Å². The highest BCUT2D eigenvalue weighted by molar-refractivity contribution is 6.06. The van der Waals surface area contributed by atoms with E-state index < -0.39 is 16.6 Å². The van der Waals surface area contributed by atoms with Crippen LogP contribution in [0.1, 0.15) is 23.2 Å². The normalized spacial score (nSPS) is 16.3. The van der Waals surface area contributed by atoms with Gasteiger partial charge in [-0.05, 0) is 31.0 Å². The summed E-state index contributed by atoms with van der Waals surface area (Å²) in [5.41, 5.74) is -0.376. The van der Waals surface area contributed by atoms with Gasteiger partial charge in [0.15, 0.2) is 0 Å². The minimum absolute atomic E-state index is 0.0136. The second kappa shape index (κ2) is 7.92. The molecule has 0 bridgehead atoms. The fraction of sp³-hybridized carbons (Fsp3) is 0.278. The molecule has 1 fully saturated rings. The van der Waals surface area contributed by atoms with Gasteiger partial charge in [0.05, 0.1) is 22.3 Å². The third kappa shape index (κ3) is 4.15. The van der Waals surface area contributed by atoms with Crippen molar-refractivity contribution in [2.24, 2.45) is 0 Å². The van der Waals surface area contributed by atoms with Crippen LogP contribution in [0.5, 0.6) is 5.75 Å². The Morgan fingerprint density at radius 3 is 2.88 bits per heavy atom. The Labute approximate surface area is 148 Å². The number of nitrogens with zero attached hydrogens (tertiary/aromatic N) is 1. The van der Waals surface area contributed by atoms with Gasteiger partial charge in [-0.1, -0.05) is 12.1 Å². The molecule has 1 aliphatic heterocycles. The van der Waals surface area contributed by atoms with Crippen LogP contribution in [0.4, 0.5) is 15.8 Å². The number of nitrogens with one attached hydrogen (secondary N) is 1. The number of amides is 1. The van der Waals surface area contributed by atoms with Gasteiger partial charge in [-0.15, -0.1) is 0 Å². The third-order valence-corrected chi connectivity index (χ3v) is 3.99. The number of para-hydroxylation sites is 1. The number of halogens is 1. The summed E-state index contributed by atoms with van der Waals surface area (Å²) in [4.78, 5) is 22.7. The standard InChI is InChI=1S/C18H17FN2O5/c19-15-8-7-12(21(23)24)10-16(15)20-18(22)14-5-1-2-6-17(14)26-11-13-4-3-9-25-13/h1-2,5-8,10,13H,3-4,9,11H2,(H,20,22). The Hall–Kier alpha value is -3.00. The van der Waals surface area contributed by atoms with Gasteiger partial charge in [0.1, 0.15) is 18.2 Å². The Bertz CT molecular complexity index is 821. The molecule has 0 radical (unpaired) electrons. The van der Waals surface area contributed by atoms with Gasteiger partial charge in [-0.3, -0.25) is 14.9 Å². The van der Waals surface area contributed by atoms with Gasteiger partial charge >= 0.3 is 0 Å². The molecule has 0 aromatic heterocycles. The van der Waals surface area contributed by atoms with Crippen molar-refractivity contribution < 1.29 is 23.6 Å². The van der Waals surface area contributed by atoms with Crippen LogP contribution >= 0.6 is 0 Å². The molecule has 0 spiro atoms. The summed E-state index contributed by atoms with van der Waals surface area (Å²) in [6, 6.07) is 9.48. The Balaban J connectivity index is 1.75. The number of nitro benzene ring substituents is 1. The van der Waals surface area contributed by atoms with Gasteiger partial charge in [0.25, 0.3) is 11.6 Å². The molecule has 1 atom stereocenters. The SMILES string of the molecule is O=C(Nc1cc([N+](=O)[O-])ccc1F)c1ccccc1OCC1CCCO1. The van der Waals surface area contributed by atoms with Crippen molar-refractivity contribution in [3.63, 3.8) is 0 Å². The van der Waals surface area contributed by atoms with E-state index in [0.29, 0.717) is 19.0 Å². The molecule has 1 unspecified atom stereocenters. The molecule has 26 heavy (non-hydrogen) atoms. The number of hydrogen-bond donors (Lipinski definition) is 1. The molecule has 136 valence electrons. The number of ether oxygens (including phenoxy) is 2. The molecule has 1 aliphatic rings. The zero-order chi connectivity index (χ0) is 18.5. The largest absolute Gasteiger partial charge is 0.490 e. The highest BCUT2D eigenvalue weighted by atomic mass is 19.1. The molecule has 3 rings (SSSR count). The highest BCUT2D eigenvalue weighted by Crippen LogP contribution is 2.25. The van der Waals surface area contributed by atoms with Crippen LogP contribution in [0.15, 0.2) is 42.5 Å². The maximum Gasteiger partial charge on any atom is 0.271 e. The molecule has 2 aromatic rings. The summed E-state index contributed by atoms with van der Waals surface area (Å²) in [6.45, 7) is 1.01. The van der Waals surface area contributed by atoms with Crippen LogP contribution in [-0.4, -0.2) is 30.1 Å². The van der Waals surface area contributed by atoms with Crippen molar-refractivity contribution in [2.45, 2.75) is 18.9 Å². The van der Waals surface area contributed by atoms with E-state index in [9.17, 15) is 19.3 Å². The molecule has 1 saturated heterocycles. The van der Waals surface area contributed by atoms with Crippen molar-refractivity contribution in [3.8, 4) is 5.75 Å². The second-order valence-electron chi connectivity index (χ2n) is 5.82. The fourth-order valence-corrected chi connectivity index (χ4v) is 2.65. The Morgan fingerprint density at radius 1 is 1.35 bits per heavy atom. The predicted molar refractivity (Wildman–Crippen MR) is 91.9 cm³/mol. The molecule has 8 heteroatoms. The summed E-state index contributed by atoms with van der Waals surface area (Å²) >= 11 is 0. The first-order chi connectivity index (χ1) is 12.5. The van der Waals surface area contributed by atoms with E-state index in [1.165, 1.54) is 6.07 Å². The molecule has 1 N–H and O–H groups in total. The fourth-order valence-electron chi connectivity index (χ4n) is 2.65. The molecular weight excluding hydrogens is 343 g/mol. The maximum absolute atomic E-state index is 13.9. The van der Waals surface area contributed by atoms with E-state index in [4.69, 9.17) is 9.47 Å². The molecule has 2 aromatic carbocycles. The molecule has 0 aliphatic carbocycles. The minimum Gasteiger partial charge on any atom is -0.490 e. The number of nitro groups is 1. The Kier molecular flexibility index (Phi) is 5.43. The molecule has 7 nitrogen and oxygen atoms in total. The summed E-state index contributed by atoms with van der Waals surface area (Å²) in [6.07, 6.45) is 1.86. The average Bonchev–Trinajstić information content (AvgIpc) is 3.15. The van der Waals surface area contributed by atoms with Crippen LogP contribution in [0.2, 0.25) is 0 Å². The number of hydrogen-bond acceptors (Lipinski definition) is 5. The van der Waals surface area contributed by atoms with E-state index >= 15 is 0 Å². The van der Waals surface area contributed by atoms with Crippen molar-refractivity contribution in [3.05, 3.63) is 64.0 Å². The first-order valence-corrected chi connectivity index (χ1v) is 8.13. The van der Waals surface area contributed by atoms with Crippen LogP contribution in [0.3, 0.4) is 0 Å². The lowest BCUT2D eigenvalue weighted by Crippen LogP contribution is -2.19. The number of rotatable bonds is 6. The topological polar surface area (TPSA) is 90.7 Å². The summed E-state index contributed by atoms with van der Waals surface area (Å²) < 4.78 is 25.0. The van der Waals surface area contributed by atoms with Crippen molar-refractivity contribution >= 4 is 17.3 Å². The molecular formula is C18H17FN2O5.